The summed E-state index contributed by atoms with van der Waals surface area (Å²) in [5, 5.41) is 8.40. The van der Waals surface area contributed by atoms with Crippen LogP contribution in [0.1, 0.15) is 20.3 Å². The van der Waals surface area contributed by atoms with Crippen LogP contribution < -0.4 is 0 Å². The van der Waals surface area contributed by atoms with Crippen LogP contribution in [0.25, 0.3) is 11.5 Å². The molecule has 23 heavy (non-hydrogen) atoms. The normalized spacial score (nSPS) is 21.4. The summed E-state index contributed by atoms with van der Waals surface area (Å²) in [5.41, 5.74) is 0.775. The second-order valence-electron chi connectivity index (χ2n) is 6.15. The first kappa shape index (κ1) is 16.0. The van der Waals surface area contributed by atoms with Gasteiger partial charge in [0.1, 0.15) is 0 Å². The monoisotopic (exact) mass is 332 g/mol. The molecule has 1 aliphatic rings. The lowest BCUT2D eigenvalue weighted by Gasteiger charge is -2.34. The molecule has 122 valence electrons. The summed E-state index contributed by atoms with van der Waals surface area (Å²) in [7, 11) is 0. The molecule has 0 unspecified atom stereocenters. The maximum Gasteiger partial charge on any atom is 0.277 e. The van der Waals surface area contributed by atoms with Crippen molar-refractivity contribution in [2.24, 2.45) is 11.8 Å². The van der Waals surface area contributed by atoms with Crippen molar-refractivity contribution in [2.75, 3.05) is 18.8 Å². The fourth-order valence-electron chi connectivity index (χ4n) is 2.96. The third-order valence-corrected chi connectivity index (χ3v) is 4.66. The molecule has 1 aliphatic heterocycles. The van der Waals surface area contributed by atoms with E-state index in [-0.39, 0.29) is 5.91 Å². The largest absolute Gasteiger partial charge is 0.411 e. The molecule has 6 nitrogen and oxygen atoms in total. The van der Waals surface area contributed by atoms with Crippen LogP contribution >= 0.6 is 11.8 Å². The van der Waals surface area contributed by atoms with Gasteiger partial charge < -0.3 is 9.32 Å². The molecule has 3 rings (SSSR count). The summed E-state index contributed by atoms with van der Waals surface area (Å²) in [6.45, 7) is 6.07. The fourth-order valence-corrected chi connectivity index (χ4v) is 3.62. The Hall–Kier alpha value is -1.89. The molecule has 0 aliphatic carbocycles. The summed E-state index contributed by atoms with van der Waals surface area (Å²) >= 11 is 1.29. The number of thioether (sulfide) groups is 1. The first-order chi connectivity index (χ1) is 11.1. The van der Waals surface area contributed by atoms with E-state index in [9.17, 15) is 4.79 Å². The van der Waals surface area contributed by atoms with Gasteiger partial charge in [0.2, 0.25) is 11.8 Å². The lowest BCUT2D eigenvalue weighted by molar-refractivity contribution is -0.130. The molecule has 7 heteroatoms. The van der Waals surface area contributed by atoms with E-state index < -0.39 is 0 Å². The van der Waals surface area contributed by atoms with Gasteiger partial charge in [0, 0.05) is 25.5 Å². The van der Waals surface area contributed by atoms with Gasteiger partial charge in [0.05, 0.1) is 11.3 Å². The molecule has 1 saturated heterocycles. The zero-order valence-corrected chi connectivity index (χ0v) is 14.1. The first-order valence-electron chi connectivity index (χ1n) is 7.76. The number of aromatic nitrogens is 3. The van der Waals surface area contributed by atoms with Crippen LogP contribution in [0.3, 0.4) is 0 Å². The van der Waals surface area contributed by atoms with Gasteiger partial charge >= 0.3 is 0 Å². The minimum absolute atomic E-state index is 0.134. The highest BCUT2D eigenvalue weighted by Gasteiger charge is 2.25. The molecule has 0 spiro atoms. The van der Waals surface area contributed by atoms with Crippen LogP contribution in [-0.2, 0) is 4.79 Å². The maximum atomic E-state index is 12.3. The number of nitrogens with zero attached hydrogens (tertiary/aromatic N) is 4. The van der Waals surface area contributed by atoms with Gasteiger partial charge in [0.15, 0.2) is 0 Å². The Bertz CT molecular complexity index is 651. The molecule has 0 aromatic carbocycles. The van der Waals surface area contributed by atoms with Gasteiger partial charge in [-0.05, 0) is 30.4 Å². The van der Waals surface area contributed by atoms with E-state index in [2.05, 4.69) is 29.0 Å². The van der Waals surface area contributed by atoms with Gasteiger partial charge in [-0.3, -0.25) is 9.78 Å². The second-order valence-corrected chi connectivity index (χ2v) is 7.07. The van der Waals surface area contributed by atoms with Gasteiger partial charge in [-0.2, -0.15) is 0 Å². The quantitative estimate of drug-likeness (QED) is 0.802. The van der Waals surface area contributed by atoms with Crippen molar-refractivity contribution in [1.29, 1.82) is 0 Å². The molecule has 0 radical (unpaired) electrons. The van der Waals surface area contributed by atoms with Crippen LogP contribution in [0, 0.1) is 11.8 Å². The van der Waals surface area contributed by atoms with Crippen LogP contribution in [0.15, 0.2) is 34.2 Å². The molecule has 2 aromatic rings. The van der Waals surface area contributed by atoms with Gasteiger partial charge in [0.25, 0.3) is 5.22 Å². The maximum absolute atomic E-state index is 12.3. The third-order valence-electron chi connectivity index (χ3n) is 3.86. The Kier molecular flexibility index (Phi) is 4.95. The molecule has 1 fully saturated rings. The number of carbonyl (C=O) groups is 1. The topological polar surface area (TPSA) is 72.1 Å². The molecule has 2 atom stereocenters. The molecule has 3 heterocycles. The Morgan fingerprint density at radius 1 is 1.35 bits per heavy atom. The number of hydrogen-bond acceptors (Lipinski definition) is 6. The zero-order chi connectivity index (χ0) is 16.2. The average molecular weight is 332 g/mol. The number of likely N-dealkylation sites (tertiary alicyclic amines) is 1. The van der Waals surface area contributed by atoms with E-state index in [1.54, 1.807) is 12.4 Å². The Morgan fingerprint density at radius 3 is 2.83 bits per heavy atom. The van der Waals surface area contributed by atoms with Crippen molar-refractivity contribution >= 4 is 17.7 Å². The molecule has 0 saturated carbocycles. The SMILES string of the molecule is C[C@@H]1C[C@@H](C)CN(C(=O)CSc2nnc(-c3cccnc3)o2)C1. The number of amides is 1. The predicted octanol–water partition coefficient (Wildman–Crippen LogP) is 2.73. The van der Waals surface area contributed by atoms with Crippen LogP contribution in [0.2, 0.25) is 0 Å². The number of pyridine rings is 1. The molecule has 0 bridgehead atoms. The molecular formula is C16H20N4O2S. The van der Waals surface area contributed by atoms with Crippen molar-refractivity contribution in [3.05, 3.63) is 24.5 Å². The van der Waals surface area contributed by atoms with E-state index in [0.717, 1.165) is 18.7 Å². The summed E-state index contributed by atoms with van der Waals surface area (Å²) in [6.07, 6.45) is 4.55. The summed E-state index contributed by atoms with van der Waals surface area (Å²) in [5.74, 6) is 2.01. The third kappa shape index (κ3) is 4.10. The van der Waals surface area contributed by atoms with Crippen LogP contribution in [0.4, 0.5) is 0 Å². The number of rotatable bonds is 4. The lowest BCUT2D eigenvalue weighted by Crippen LogP contribution is -2.43. The summed E-state index contributed by atoms with van der Waals surface area (Å²) in [4.78, 5) is 18.3. The highest BCUT2D eigenvalue weighted by atomic mass is 32.2. The molecular weight excluding hydrogens is 312 g/mol. The number of hydrogen-bond donors (Lipinski definition) is 0. The van der Waals surface area contributed by atoms with E-state index in [0.29, 0.717) is 28.7 Å². The predicted molar refractivity (Wildman–Crippen MR) is 87.8 cm³/mol. The summed E-state index contributed by atoms with van der Waals surface area (Å²) < 4.78 is 5.58. The van der Waals surface area contributed by atoms with E-state index >= 15 is 0 Å². The smallest absolute Gasteiger partial charge is 0.277 e. The first-order valence-corrected chi connectivity index (χ1v) is 8.75. The number of piperidine rings is 1. The fraction of sp³-hybridized carbons (Fsp3) is 0.500. The van der Waals surface area contributed by atoms with Crippen LogP contribution in [-0.4, -0.2) is 44.8 Å². The average Bonchev–Trinajstić information content (AvgIpc) is 3.01. The van der Waals surface area contributed by atoms with Crippen molar-refractivity contribution in [2.45, 2.75) is 25.5 Å². The summed E-state index contributed by atoms with van der Waals surface area (Å²) in [6, 6.07) is 3.67. The standard InChI is InChI=1S/C16H20N4O2S/c1-11-6-12(2)9-20(8-11)14(21)10-23-16-19-18-15(22-16)13-4-3-5-17-7-13/h3-5,7,11-12H,6,8-10H2,1-2H3/t11-,12-/m1/s1. The van der Waals surface area contributed by atoms with Gasteiger partial charge in [-0.15, -0.1) is 10.2 Å². The van der Waals surface area contributed by atoms with E-state index in [1.807, 2.05) is 17.0 Å². The van der Waals surface area contributed by atoms with Gasteiger partial charge in [-0.25, -0.2) is 0 Å². The Balaban J connectivity index is 1.56. The van der Waals surface area contributed by atoms with Crippen molar-refractivity contribution in [3.63, 3.8) is 0 Å². The molecule has 0 N–H and O–H groups in total. The minimum atomic E-state index is 0.134. The van der Waals surface area contributed by atoms with Crippen molar-refractivity contribution in [3.8, 4) is 11.5 Å². The van der Waals surface area contributed by atoms with Crippen molar-refractivity contribution in [1.82, 2.24) is 20.1 Å². The minimum Gasteiger partial charge on any atom is -0.411 e. The highest BCUT2D eigenvalue weighted by molar-refractivity contribution is 7.99. The second kappa shape index (κ2) is 7.12. The van der Waals surface area contributed by atoms with E-state index in [1.165, 1.54) is 18.2 Å². The molecule has 2 aromatic heterocycles. The Morgan fingerprint density at radius 2 is 2.13 bits per heavy atom. The van der Waals surface area contributed by atoms with Crippen molar-refractivity contribution < 1.29 is 9.21 Å². The lowest BCUT2D eigenvalue weighted by atomic mass is 9.92. The Labute approximate surface area is 139 Å². The molecule has 1 amide bonds. The van der Waals surface area contributed by atoms with E-state index in [4.69, 9.17) is 4.42 Å². The van der Waals surface area contributed by atoms with Crippen LogP contribution in [0.5, 0.6) is 0 Å². The zero-order valence-electron chi connectivity index (χ0n) is 13.3. The van der Waals surface area contributed by atoms with Gasteiger partial charge in [-0.1, -0.05) is 25.6 Å². The highest BCUT2D eigenvalue weighted by Crippen LogP contribution is 2.25. The number of carbonyl (C=O) groups excluding carboxylic acids is 1.